The standard InChI is InChI=1S/C21H29N5OS/c1-3-28-21-23-22-20(24(21)2)17-10-6-12-25(14-17)15-19(27)26-13-7-9-16-8-4-5-11-18(16)26/h4-5,8,11,17H,3,6-7,9-10,12-15H2,1-2H3. The first kappa shape index (κ1) is 19.5. The second-order valence-electron chi connectivity index (χ2n) is 7.68. The number of carbonyl (C=O) groups is 1. The van der Waals surface area contributed by atoms with Crippen LogP contribution in [0.3, 0.4) is 0 Å². The summed E-state index contributed by atoms with van der Waals surface area (Å²) in [7, 11) is 2.06. The number of rotatable bonds is 5. The Balaban J connectivity index is 1.43. The highest BCUT2D eigenvalue weighted by Gasteiger charge is 2.29. The van der Waals surface area contributed by atoms with Gasteiger partial charge < -0.3 is 9.47 Å². The van der Waals surface area contributed by atoms with Crippen molar-refractivity contribution in [1.29, 1.82) is 0 Å². The Hall–Kier alpha value is -1.86. The van der Waals surface area contributed by atoms with E-state index >= 15 is 0 Å². The first-order chi connectivity index (χ1) is 13.7. The van der Waals surface area contributed by atoms with Crippen molar-refractivity contribution in [3.8, 4) is 0 Å². The fraction of sp³-hybridized carbons (Fsp3) is 0.571. The molecule has 1 aromatic carbocycles. The van der Waals surface area contributed by atoms with Gasteiger partial charge in [0.05, 0.1) is 6.54 Å². The van der Waals surface area contributed by atoms with Crippen molar-refractivity contribution < 1.29 is 4.79 Å². The molecule has 1 amide bonds. The maximum Gasteiger partial charge on any atom is 0.241 e. The summed E-state index contributed by atoms with van der Waals surface area (Å²) in [6, 6.07) is 8.32. The molecule has 6 nitrogen and oxygen atoms in total. The predicted molar refractivity (Wildman–Crippen MR) is 113 cm³/mol. The number of anilines is 1. The third kappa shape index (κ3) is 3.96. The van der Waals surface area contributed by atoms with Crippen molar-refractivity contribution in [1.82, 2.24) is 19.7 Å². The minimum Gasteiger partial charge on any atom is -0.311 e. The number of hydrogen-bond donors (Lipinski definition) is 0. The molecule has 1 fully saturated rings. The van der Waals surface area contributed by atoms with E-state index in [2.05, 4.69) is 51.8 Å². The van der Waals surface area contributed by atoms with Crippen molar-refractivity contribution in [3.05, 3.63) is 35.7 Å². The van der Waals surface area contributed by atoms with Crippen LogP contribution < -0.4 is 4.90 Å². The molecule has 2 aliphatic heterocycles. The Labute approximate surface area is 171 Å². The lowest BCUT2D eigenvalue weighted by Crippen LogP contribution is -2.45. The monoisotopic (exact) mass is 399 g/mol. The molecule has 0 bridgehead atoms. The lowest BCUT2D eigenvalue weighted by atomic mass is 9.97. The van der Waals surface area contributed by atoms with Gasteiger partial charge in [-0.25, -0.2) is 0 Å². The maximum atomic E-state index is 13.1. The molecular weight excluding hydrogens is 370 g/mol. The number of likely N-dealkylation sites (tertiary alicyclic amines) is 1. The Morgan fingerprint density at radius 1 is 1.21 bits per heavy atom. The molecule has 28 heavy (non-hydrogen) atoms. The van der Waals surface area contributed by atoms with Crippen LogP contribution in [0.2, 0.25) is 0 Å². The number of hydrogen-bond acceptors (Lipinski definition) is 5. The van der Waals surface area contributed by atoms with Crippen LogP contribution in [-0.4, -0.2) is 57.5 Å². The van der Waals surface area contributed by atoms with E-state index < -0.39 is 0 Å². The lowest BCUT2D eigenvalue weighted by molar-refractivity contribution is -0.120. The van der Waals surface area contributed by atoms with Crippen LogP contribution in [0.15, 0.2) is 29.4 Å². The summed E-state index contributed by atoms with van der Waals surface area (Å²) in [5, 5.41) is 9.79. The van der Waals surface area contributed by atoms with Gasteiger partial charge >= 0.3 is 0 Å². The van der Waals surface area contributed by atoms with Gasteiger partial charge in [-0.2, -0.15) is 0 Å². The van der Waals surface area contributed by atoms with Gasteiger partial charge in [0.15, 0.2) is 5.16 Å². The van der Waals surface area contributed by atoms with Crippen molar-refractivity contribution in [3.63, 3.8) is 0 Å². The van der Waals surface area contributed by atoms with Crippen LogP contribution in [0, 0.1) is 0 Å². The largest absolute Gasteiger partial charge is 0.311 e. The van der Waals surface area contributed by atoms with E-state index in [0.29, 0.717) is 12.5 Å². The Morgan fingerprint density at radius 3 is 2.93 bits per heavy atom. The number of para-hydroxylation sites is 1. The van der Waals surface area contributed by atoms with Gasteiger partial charge in [-0.05, 0) is 49.6 Å². The minimum atomic E-state index is 0.216. The molecule has 1 unspecified atom stereocenters. The number of fused-ring (bicyclic) bond motifs is 1. The summed E-state index contributed by atoms with van der Waals surface area (Å²) in [6.45, 7) is 5.30. The fourth-order valence-corrected chi connectivity index (χ4v) is 5.06. The topological polar surface area (TPSA) is 54.3 Å². The molecule has 2 aliphatic rings. The predicted octanol–water partition coefficient (Wildman–Crippen LogP) is 3.09. The van der Waals surface area contributed by atoms with Gasteiger partial charge in [0.1, 0.15) is 5.82 Å². The SMILES string of the molecule is CCSc1nnc(C2CCCN(CC(=O)N3CCCc4ccccc43)C2)n1C. The van der Waals surface area contributed by atoms with E-state index in [1.54, 1.807) is 11.8 Å². The molecular formula is C21H29N5OS. The summed E-state index contributed by atoms with van der Waals surface area (Å²) < 4.78 is 2.13. The summed E-state index contributed by atoms with van der Waals surface area (Å²) in [5.74, 6) is 2.61. The second kappa shape index (κ2) is 8.66. The maximum absolute atomic E-state index is 13.1. The highest BCUT2D eigenvalue weighted by molar-refractivity contribution is 7.99. The number of aromatic nitrogens is 3. The molecule has 0 radical (unpaired) electrons. The molecule has 0 saturated carbocycles. The zero-order valence-electron chi connectivity index (χ0n) is 16.8. The number of aryl methyl sites for hydroxylation is 1. The molecule has 7 heteroatoms. The number of nitrogens with zero attached hydrogens (tertiary/aromatic N) is 5. The summed E-state index contributed by atoms with van der Waals surface area (Å²) in [4.78, 5) is 17.4. The molecule has 0 spiro atoms. The summed E-state index contributed by atoms with van der Waals surface area (Å²) in [5.41, 5.74) is 2.39. The third-order valence-corrected chi connectivity index (χ3v) is 6.69. The molecule has 0 aliphatic carbocycles. The van der Waals surface area contributed by atoms with Crippen LogP contribution in [0.1, 0.15) is 43.5 Å². The van der Waals surface area contributed by atoms with Crippen LogP contribution in [-0.2, 0) is 18.3 Å². The summed E-state index contributed by atoms with van der Waals surface area (Å²) in [6.07, 6.45) is 4.32. The van der Waals surface area contributed by atoms with E-state index in [1.807, 2.05) is 11.0 Å². The molecule has 4 rings (SSSR count). The van der Waals surface area contributed by atoms with Crippen LogP contribution in [0.5, 0.6) is 0 Å². The van der Waals surface area contributed by atoms with Gasteiger partial charge in [-0.15, -0.1) is 10.2 Å². The van der Waals surface area contributed by atoms with E-state index in [-0.39, 0.29) is 5.91 Å². The Morgan fingerprint density at radius 2 is 2.07 bits per heavy atom. The first-order valence-corrected chi connectivity index (χ1v) is 11.3. The van der Waals surface area contributed by atoms with Gasteiger partial charge in [0, 0.05) is 31.7 Å². The molecule has 1 atom stereocenters. The van der Waals surface area contributed by atoms with Crippen LogP contribution in [0.25, 0.3) is 0 Å². The Bertz CT molecular complexity index is 836. The molecule has 1 aromatic heterocycles. The zero-order valence-corrected chi connectivity index (χ0v) is 17.6. The minimum absolute atomic E-state index is 0.216. The van der Waals surface area contributed by atoms with E-state index in [0.717, 1.165) is 67.7 Å². The average molecular weight is 400 g/mol. The highest BCUT2D eigenvalue weighted by Crippen LogP contribution is 2.29. The number of carbonyl (C=O) groups excluding carboxylic acids is 1. The molecule has 2 aromatic rings. The Kier molecular flexibility index (Phi) is 6.01. The number of thioether (sulfide) groups is 1. The molecule has 1 saturated heterocycles. The van der Waals surface area contributed by atoms with Crippen molar-refractivity contribution >= 4 is 23.4 Å². The zero-order chi connectivity index (χ0) is 19.5. The number of amides is 1. The fourth-order valence-electron chi connectivity index (χ4n) is 4.42. The van der Waals surface area contributed by atoms with Crippen molar-refractivity contribution in [2.24, 2.45) is 7.05 Å². The van der Waals surface area contributed by atoms with E-state index in [4.69, 9.17) is 0 Å². The lowest BCUT2D eigenvalue weighted by Gasteiger charge is -2.35. The van der Waals surface area contributed by atoms with Gasteiger partial charge in [0.25, 0.3) is 0 Å². The smallest absolute Gasteiger partial charge is 0.241 e. The number of piperidine rings is 1. The molecule has 3 heterocycles. The van der Waals surface area contributed by atoms with Crippen molar-refractivity contribution in [2.45, 2.75) is 43.7 Å². The van der Waals surface area contributed by atoms with Gasteiger partial charge in [0.2, 0.25) is 5.91 Å². The normalized spacial score (nSPS) is 20.2. The van der Waals surface area contributed by atoms with Gasteiger partial charge in [-0.1, -0.05) is 36.9 Å². The van der Waals surface area contributed by atoms with Gasteiger partial charge in [-0.3, -0.25) is 9.69 Å². The van der Waals surface area contributed by atoms with Crippen LogP contribution >= 0.6 is 11.8 Å². The van der Waals surface area contributed by atoms with E-state index in [1.165, 1.54) is 5.56 Å². The average Bonchev–Trinajstić information content (AvgIpc) is 3.08. The highest BCUT2D eigenvalue weighted by atomic mass is 32.2. The quantitative estimate of drug-likeness (QED) is 0.723. The number of benzene rings is 1. The second-order valence-corrected chi connectivity index (χ2v) is 8.92. The van der Waals surface area contributed by atoms with Crippen LogP contribution in [0.4, 0.5) is 5.69 Å². The summed E-state index contributed by atoms with van der Waals surface area (Å²) >= 11 is 1.73. The first-order valence-electron chi connectivity index (χ1n) is 10.3. The third-order valence-electron chi connectivity index (χ3n) is 5.78. The van der Waals surface area contributed by atoms with E-state index in [9.17, 15) is 4.79 Å². The molecule has 0 N–H and O–H groups in total. The molecule has 150 valence electrons. The van der Waals surface area contributed by atoms with Crippen molar-refractivity contribution in [2.75, 3.05) is 36.8 Å².